The Morgan fingerprint density at radius 2 is 2.00 bits per heavy atom. The average molecular weight is 303 g/mol. The van der Waals surface area contributed by atoms with Crippen molar-refractivity contribution in [3.05, 3.63) is 34.3 Å². The molecule has 1 nitrogen and oxygen atoms in total. The Kier molecular flexibility index (Phi) is 6.47. The summed E-state index contributed by atoms with van der Waals surface area (Å²) in [5.74, 6) is 2.04. The lowest BCUT2D eigenvalue weighted by atomic mass is 9.99. The van der Waals surface area contributed by atoms with Gasteiger partial charge in [-0.25, -0.2) is 0 Å². The van der Waals surface area contributed by atoms with Crippen molar-refractivity contribution >= 4 is 28.6 Å². The van der Waals surface area contributed by atoms with Crippen molar-refractivity contribution in [3.8, 4) is 0 Å². The smallest absolute Gasteiger partial charge is 0.0727 e. The number of thiol groups is 1. The number of rotatable bonds is 6. The van der Waals surface area contributed by atoms with Gasteiger partial charge >= 0.3 is 0 Å². The highest BCUT2D eigenvalue weighted by molar-refractivity contribution is 9.10. The molecule has 0 N–H and O–H groups in total. The van der Waals surface area contributed by atoms with E-state index in [1.807, 2.05) is 18.2 Å². The van der Waals surface area contributed by atoms with Crippen LogP contribution in [0.25, 0.3) is 0 Å². The third-order valence-electron chi connectivity index (χ3n) is 2.72. The van der Waals surface area contributed by atoms with Crippen LogP contribution in [0, 0.1) is 11.8 Å². The molecule has 0 heterocycles. The lowest BCUT2D eigenvalue weighted by Crippen LogP contribution is -2.17. The van der Waals surface area contributed by atoms with Crippen LogP contribution in [0.4, 0.5) is 0 Å². The first kappa shape index (κ1) is 14.1. The van der Waals surface area contributed by atoms with Crippen LogP contribution in [0.2, 0.25) is 0 Å². The Morgan fingerprint density at radius 1 is 1.31 bits per heavy atom. The van der Waals surface area contributed by atoms with Crippen LogP contribution >= 0.6 is 28.6 Å². The Balaban J connectivity index is 2.38. The molecule has 0 amide bonds. The van der Waals surface area contributed by atoms with Crippen LogP contribution in [0.15, 0.2) is 28.7 Å². The molecule has 1 atom stereocenters. The quantitative estimate of drug-likeness (QED) is 0.776. The first-order valence-electron chi connectivity index (χ1n) is 5.57. The zero-order valence-corrected chi connectivity index (χ0v) is 12.3. The summed E-state index contributed by atoms with van der Waals surface area (Å²) in [4.78, 5) is 0. The van der Waals surface area contributed by atoms with Gasteiger partial charge in [0.1, 0.15) is 0 Å². The van der Waals surface area contributed by atoms with E-state index >= 15 is 0 Å². The number of benzene rings is 1. The van der Waals surface area contributed by atoms with Crippen LogP contribution in [0.1, 0.15) is 19.4 Å². The van der Waals surface area contributed by atoms with Gasteiger partial charge in [0.15, 0.2) is 0 Å². The van der Waals surface area contributed by atoms with Crippen LogP contribution in [-0.4, -0.2) is 12.4 Å². The molecule has 0 saturated heterocycles. The highest BCUT2D eigenvalue weighted by Gasteiger charge is 2.11. The lowest BCUT2D eigenvalue weighted by Gasteiger charge is -2.18. The molecule has 3 heteroatoms. The van der Waals surface area contributed by atoms with Crippen LogP contribution in [0.5, 0.6) is 0 Å². The average Bonchev–Trinajstić information content (AvgIpc) is 2.26. The van der Waals surface area contributed by atoms with Crippen molar-refractivity contribution in [2.24, 2.45) is 11.8 Å². The largest absolute Gasteiger partial charge is 0.376 e. The molecule has 0 aromatic heterocycles. The maximum absolute atomic E-state index is 5.74. The van der Waals surface area contributed by atoms with Crippen molar-refractivity contribution in [1.29, 1.82) is 0 Å². The maximum Gasteiger partial charge on any atom is 0.0727 e. The standard InChI is InChI=1S/C13H19BrOS/c1-10(2)12(9-16)8-15-7-11-5-3-4-6-13(11)14/h3-6,10,12,16H,7-9H2,1-2H3. The van der Waals surface area contributed by atoms with E-state index in [1.165, 1.54) is 5.56 Å². The normalized spacial score (nSPS) is 13.1. The highest BCUT2D eigenvalue weighted by Crippen LogP contribution is 2.18. The molecule has 1 unspecified atom stereocenters. The fourth-order valence-electron chi connectivity index (χ4n) is 1.39. The van der Waals surface area contributed by atoms with Gasteiger partial charge in [0.05, 0.1) is 13.2 Å². The van der Waals surface area contributed by atoms with E-state index in [2.05, 4.69) is 48.5 Å². The zero-order valence-electron chi connectivity index (χ0n) is 9.82. The molecule has 90 valence electrons. The van der Waals surface area contributed by atoms with Gasteiger partial charge in [0.2, 0.25) is 0 Å². The molecule has 1 aromatic rings. The summed E-state index contributed by atoms with van der Waals surface area (Å²) in [6.07, 6.45) is 0. The lowest BCUT2D eigenvalue weighted by molar-refractivity contribution is 0.0794. The van der Waals surface area contributed by atoms with E-state index in [9.17, 15) is 0 Å². The first-order valence-corrected chi connectivity index (χ1v) is 6.99. The molecular weight excluding hydrogens is 284 g/mol. The van der Waals surface area contributed by atoms with Crippen molar-refractivity contribution in [2.75, 3.05) is 12.4 Å². The van der Waals surface area contributed by atoms with Crippen molar-refractivity contribution in [2.45, 2.75) is 20.5 Å². The van der Waals surface area contributed by atoms with Gasteiger partial charge in [-0.05, 0) is 29.2 Å². The molecule has 16 heavy (non-hydrogen) atoms. The summed E-state index contributed by atoms with van der Waals surface area (Å²) in [5, 5.41) is 0. The summed E-state index contributed by atoms with van der Waals surface area (Å²) in [6, 6.07) is 8.16. The number of ether oxygens (including phenoxy) is 1. The topological polar surface area (TPSA) is 9.23 Å². The van der Waals surface area contributed by atoms with Gasteiger partial charge in [0.25, 0.3) is 0 Å². The Bertz CT molecular complexity index is 315. The Morgan fingerprint density at radius 3 is 2.56 bits per heavy atom. The van der Waals surface area contributed by atoms with Gasteiger partial charge in [-0.15, -0.1) is 0 Å². The SMILES string of the molecule is CC(C)C(CS)COCc1ccccc1Br. The monoisotopic (exact) mass is 302 g/mol. The minimum absolute atomic E-state index is 0.533. The van der Waals surface area contributed by atoms with Gasteiger partial charge in [-0.2, -0.15) is 12.6 Å². The third kappa shape index (κ3) is 4.48. The van der Waals surface area contributed by atoms with E-state index < -0.39 is 0 Å². The molecule has 0 spiro atoms. The van der Waals surface area contributed by atoms with Crippen molar-refractivity contribution < 1.29 is 4.74 Å². The second kappa shape index (κ2) is 7.36. The molecule has 0 saturated carbocycles. The molecule has 0 fully saturated rings. The van der Waals surface area contributed by atoms with E-state index in [0.717, 1.165) is 16.8 Å². The van der Waals surface area contributed by atoms with Crippen LogP contribution in [0.3, 0.4) is 0 Å². The number of halogens is 1. The third-order valence-corrected chi connectivity index (χ3v) is 3.97. The summed E-state index contributed by atoms with van der Waals surface area (Å²) >= 11 is 7.86. The summed E-state index contributed by atoms with van der Waals surface area (Å²) < 4.78 is 6.85. The summed E-state index contributed by atoms with van der Waals surface area (Å²) in [6.45, 7) is 5.87. The van der Waals surface area contributed by atoms with Crippen LogP contribution in [-0.2, 0) is 11.3 Å². The molecule has 0 aliphatic carbocycles. The highest BCUT2D eigenvalue weighted by atomic mass is 79.9. The molecule has 1 rings (SSSR count). The van der Waals surface area contributed by atoms with Gasteiger partial charge in [-0.3, -0.25) is 0 Å². The minimum Gasteiger partial charge on any atom is -0.376 e. The van der Waals surface area contributed by atoms with Gasteiger partial charge in [-0.1, -0.05) is 48.0 Å². The second-order valence-corrected chi connectivity index (χ2v) is 5.51. The predicted octanol–water partition coefficient (Wildman–Crippen LogP) is 4.17. The summed E-state index contributed by atoms with van der Waals surface area (Å²) in [5.41, 5.74) is 1.20. The molecule has 0 aliphatic rings. The fraction of sp³-hybridized carbons (Fsp3) is 0.538. The van der Waals surface area contributed by atoms with Crippen molar-refractivity contribution in [3.63, 3.8) is 0 Å². The molecular formula is C13H19BrOS. The van der Waals surface area contributed by atoms with Gasteiger partial charge < -0.3 is 4.74 Å². The number of hydrogen-bond donors (Lipinski definition) is 1. The fourth-order valence-corrected chi connectivity index (χ4v) is 2.32. The Labute approximate surface area is 112 Å². The molecule has 0 aliphatic heterocycles. The first-order chi connectivity index (χ1) is 7.65. The van der Waals surface area contributed by atoms with E-state index in [0.29, 0.717) is 18.4 Å². The predicted molar refractivity (Wildman–Crippen MR) is 76.0 cm³/mol. The minimum atomic E-state index is 0.533. The molecule has 1 aromatic carbocycles. The van der Waals surface area contributed by atoms with Gasteiger partial charge in [0, 0.05) is 4.47 Å². The second-order valence-electron chi connectivity index (χ2n) is 4.29. The Hall–Kier alpha value is 0.01000. The number of hydrogen-bond acceptors (Lipinski definition) is 2. The van der Waals surface area contributed by atoms with Crippen molar-refractivity contribution in [1.82, 2.24) is 0 Å². The molecule has 0 bridgehead atoms. The summed E-state index contributed by atoms with van der Waals surface area (Å²) in [7, 11) is 0. The van der Waals surface area contributed by atoms with Crippen LogP contribution < -0.4 is 0 Å². The van der Waals surface area contributed by atoms with E-state index in [1.54, 1.807) is 0 Å². The molecule has 0 radical (unpaired) electrons. The van der Waals surface area contributed by atoms with E-state index in [4.69, 9.17) is 4.74 Å². The van der Waals surface area contributed by atoms with E-state index in [-0.39, 0.29) is 0 Å². The zero-order chi connectivity index (χ0) is 12.0. The maximum atomic E-state index is 5.74.